The largest absolute Gasteiger partial charge is 0.268 e. The van der Waals surface area contributed by atoms with Crippen molar-refractivity contribution >= 4 is 42.8 Å². The van der Waals surface area contributed by atoms with Crippen molar-refractivity contribution < 1.29 is 16.8 Å². The molecule has 0 atom stereocenters. The predicted octanol–water partition coefficient (Wildman–Crippen LogP) is 2.34. The Labute approximate surface area is 196 Å². The normalized spacial score (nSPS) is 15.5. The molecular formula is C20H22N6O4S3. The van der Waals surface area contributed by atoms with E-state index in [4.69, 9.17) is 4.98 Å². The van der Waals surface area contributed by atoms with Crippen LogP contribution in [0.3, 0.4) is 0 Å². The maximum absolute atomic E-state index is 12.3. The van der Waals surface area contributed by atoms with E-state index >= 15 is 0 Å². The molecule has 1 aliphatic rings. The van der Waals surface area contributed by atoms with Gasteiger partial charge in [0, 0.05) is 38.0 Å². The van der Waals surface area contributed by atoms with Crippen LogP contribution >= 0.6 is 11.3 Å². The fourth-order valence-electron chi connectivity index (χ4n) is 3.37. The highest BCUT2D eigenvalue weighted by Crippen LogP contribution is 2.37. The van der Waals surface area contributed by atoms with Gasteiger partial charge in [-0.15, -0.1) is 11.3 Å². The first kappa shape index (κ1) is 23.3. The van der Waals surface area contributed by atoms with Crippen molar-refractivity contribution in [1.82, 2.24) is 19.4 Å². The number of rotatable bonds is 5. The van der Waals surface area contributed by atoms with Crippen LogP contribution in [0, 0.1) is 6.92 Å². The van der Waals surface area contributed by atoms with Crippen LogP contribution in [0.2, 0.25) is 0 Å². The molecular weight excluding hydrogens is 484 g/mol. The molecule has 4 rings (SSSR count). The van der Waals surface area contributed by atoms with Gasteiger partial charge in [-0.1, -0.05) is 0 Å². The molecule has 0 saturated carbocycles. The fourth-order valence-corrected chi connectivity index (χ4v) is 5.57. The molecule has 33 heavy (non-hydrogen) atoms. The molecule has 13 heteroatoms. The van der Waals surface area contributed by atoms with E-state index in [0.717, 1.165) is 38.1 Å². The Morgan fingerprint density at radius 1 is 1.12 bits per heavy atom. The van der Waals surface area contributed by atoms with Crippen LogP contribution in [0.15, 0.2) is 41.8 Å². The zero-order valence-electron chi connectivity index (χ0n) is 18.4. The van der Waals surface area contributed by atoms with Crippen molar-refractivity contribution in [3.63, 3.8) is 0 Å². The van der Waals surface area contributed by atoms with E-state index in [9.17, 15) is 16.8 Å². The lowest BCUT2D eigenvalue weighted by Crippen LogP contribution is -2.38. The van der Waals surface area contributed by atoms with Gasteiger partial charge in [0.2, 0.25) is 20.0 Å². The van der Waals surface area contributed by atoms with Gasteiger partial charge in [0.15, 0.2) is 0 Å². The minimum Gasteiger partial charge on any atom is -0.268 e. The lowest BCUT2D eigenvalue weighted by Gasteiger charge is -2.30. The number of hydrogen-bond donors (Lipinski definition) is 0. The fraction of sp³-hybridized carbons (Fsp3) is 0.300. The molecule has 0 radical (unpaired) electrons. The second kappa shape index (κ2) is 8.47. The Morgan fingerprint density at radius 2 is 1.88 bits per heavy atom. The summed E-state index contributed by atoms with van der Waals surface area (Å²) in [5, 5.41) is 5.02. The molecule has 0 spiro atoms. The van der Waals surface area contributed by atoms with Gasteiger partial charge in [-0.3, -0.25) is 9.29 Å². The number of sulfonamides is 2. The van der Waals surface area contributed by atoms with E-state index in [2.05, 4.69) is 15.1 Å². The first-order valence-electron chi connectivity index (χ1n) is 9.84. The minimum atomic E-state index is -3.57. The summed E-state index contributed by atoms with van der Waals surface area (Å²) in [4.78, 5) is 14.3. The maximum atomic E-state index is 12.3. The highest BCUT2D eigenvalue weighted by atomic mass is 32.2. The first-order valence-corrected chi connectivity index (χ1v) is 14.3. The molecule has 3 aromatic rings. The number of aryl methyl sites for hydroxylation is 1. The zero-order valence-corrected chi connectivity index (χ0v) is 20.9. The SMILES string of the molecule is Cc1nc(-c2cccnc2)sc1-c1ccc2c(n1)/C(=N/N(C)S(C)(=O)=O)CCN2S(C)(=O)=O. The Morgan fingerprint density at radius 3 is 2.52 bits per heavy atom. The summed E-state index contributed by atoms with van der Waals surface area (Å²) in [6, 6.07) is 7.18. The van der Waals surface area contributed by atoms with Gasteiger partial charge >= 0.3 is 0 Å². The number of pyridine rings is 2. The van der Waals surface area contributed by atoms with Crippen LogP contribution in [0.25, 0.3) is 21.1 Å². The quantitative estimate of drug-likeness (QED) is 0.486. The highest BCUT2D eigenvalue weighted by molar-refractivity contribution is 7.92. The molecule has 0 unspecified atom stereocenters. The van der Waals surface area contributed by atoms with Crippen molar-refractivity contribution in [2.24, 2.45) is 5.10 Å². The summed E-state index contributed by atoms with van der Waals surface area (Å²) in [5.74, 6) is 0. The van der Waals surface area contributed by atoms with E-state index in [1.807, 2.05) is 19.1 Å². The Balaban J connectivity index is 1.85. The Bertz CT molecular complexity index is 1450. The summed E-state index contributed by atoms with van der Waals surface area (Å²) in [6.07, 6.45) is 5.83. The lowest BCUT2D eigenvalue weighted by molar-refractivity contribution is 0.494. The number of anilines is 1. The van der Waals surface area contributed by atoms with Gasteiger partial charge in [0.05, 0.1) is 40.2 Å². The second-order valence-electron chi connectivity index (χ2n) is 7.57. The molecule has 0 amide bonds. The van der Waals surface area contributed by atoms with E-state index in [1.165, 1.54) is 22.7 Å². The highest BCUT2D eigenvalue weighted by Gasteiger charge is 2.30. The van der Waals surface area contributed by atoms with Crippen molar-refractivity contribution in [3.05, 3.63) is 48.0 Å². The standard InChI is InChI=1S/C20H22N6O4S3/c1-13-19(31-20(22-13)14-6-5-10-21-12-14)16-7-8-17-18(23-16)15(24-25(2)32(3,27)28)9-11-26(17)33(4,29)30/h5-8,10,12H,9,11H2,1-4H3/b24-15+. The van der Waals surface area contributed by atoms with Crippen LogP contribution in [0.1, 0.15) is 17.8 Å². The summed E-state index contributed by atoms with van der Waals surface area (Å²) in [6.45, 7) is 2.02. The van der Waals surface area contributed by atoms with E-state index in [-0.39, 0.29) is 13.0 Å². The maximum Gasteiger partial charge on any atom is 0.246 e. The molecule has 0 aromatic carbocycles. The van der Waals surface area contributed by atoms with Crippen molar-refractivity contribution in [3.8, 4) is 21.1 Å². The van der Waals surface area contributed by atoms with Gasteiger partial charge in [0.1, 0.15) is 10.7 Å². The summed E-state index contributed by atoms with van der Waals surface area (Å²) in [5.41, 5.74) is 3.35. The Kier molecular flexibility index (Phi) is 5.97. The number of hydrogen-bond acceptors (Lipinski definition) is 9. The molecule has 3 aromatic heterocycles. The van der Waals surface area contributed by atoms with Crippen LogP contribution in [0.4, 0.5) is 5.69 Å². The lowest BCUT2D eigenvalue weighted by atomic mass is 10.1. The average Bonchev–Trinajstić information content (AvgIpc) is 3.14. The Hall–Kier alpha value is -2.90. The third-order valence-electron chi connectivity index (χ3n) is 5.05. The smallest absolute Gasteiger partial charge is 0.246 e. The number of thiazole rings is 1. The van der Waals surface area contributed by atoms with Gasteiger partial charge in [-0.25, -0.2) is 26.8 Å². The topological polar surface area (TPSA) is 126 Å². The summed E-state index contributed by atoms with van der Waals surface area (Å²) in [7, 11) is -5.78. The monoisotopic (exact) mass is 506 g/mol. The van der Waals surface area contributed by atoms with Crippen LogP contribution in [-0.4, -0.2) is 68.0 Å². The van der Waals surface area contributed by atoms with Crippen LogP contribution < -0.4 is 4.31 Å². The molecule has 0 saturated heterocycles. The van der Waals surface area contributed by atoms with E-state index in [1.54, 1.807) is 24.5 Å². The first-order chi connectivity index (χ1) is 15.4. The van der Waals surface area contributed by atoms with Crippen molar-refractivity contribution in [2.75, 3.05) is 30.4 Å². The van der Waals surface area contributed by atoms with Gasteiger partial charge in [0.25, 0.3) is 0 Å². The molecule has 0 fully saturated rings. The molecule has 4 heterocycles. The molecule has 174 valence electrons. The summed E-state index contributed by atoms with van der Waals surface area (Å²) >= 11 is 1.45. The van der Waals surface area contributed by atoms with E-state index < -0.39 is 20.0 Å². The van der Waals surface area contributed by atoms with E-state index in [0.29, 0.717) is 22.8 Å². The minimum absolute atomic E-state index is 0.147. The van der Waals surface area contributed by atoms with Crippen LogP contribution in [-0.2, 0) is 20.0 Å². The second-order valence-corrected chi connectivity index (χ2v) is 12.5. The predicted molar refractivity (Wildman–Crippen MR) is 129 cm³/mol. The van der Waals surface area contributed by atoms with Crippen molar-refractivity contribution in [1.29, 1.82) is 0 Å². The number of aromatic nitrogens is 3. The van der Waals surface area contributed by atoms with Crippen LogP contribution in [0.5, 0.6) is 0 Å². The third-order valence-corrected chi connectivity index (χ3v) is 8.50. The average molecular weight is 507 g/mol. The van der Waals surface area contributed by atoms with Gasteiger partial charge in [-0.2, -0.15) is 9.52 Å². The van der Waals surface area contributed by atoms with Gasteiger partial charge in [-0.05, 0) is 31.2 Å². The molecule has 0 N–H and O–H groups in total. The molecule has 1 aliphatic heterocycles. The number of hydrazone groups is 1. The molecule has 0 bridgehead atoms. The van der Waals surface area contributed by atoms with Gasteiger partial charge < -0.3 is 0 Å². The number of nitrogens with zero attached hydrogens (tertiary/aromatic N) is 6. The third kappa shape index (κ3) is 4.75. The summed E-state index contributed by atoms with van der Waals surface area (Å²) < 4.78 is 50.6. The zero-order chi connectivity index (χ0) is 24.0. The number of fused-ring (bicyclic) bond motifs is 1. The van der Waals surface area contributed by atoms with Crippen molar-refractivity contribution in [2.45, 2.75) is 13.3 Å². The molecule has 10 nitrogen and oxygen atoms in total. The molecule has 0 aliphatic carbocycles.